The Hall–Kier alpha value is -0.610. The zero-order valence-corrected chi connectivity index (χ0v) is 9.76. The molecule has 0 aromatic rings. The van der Waals surface area contributed by atoms with E-state index in [-0.39, 0.29) is 5.91 Å². The molecule has 0 aliphatic rings. The number of rotatable bonds is 7. The molecule has 84 valence electrons. The van der Waals surface area contributed by atoms with Gasteiger partial charge >= 0.3 is 0 Å². The molecule has 14 heavy (non-hydrogen) atoms. The van der Waals surface area contributed by atoms with Gasteiger partial charge in [-0.25, -0.2) is 0 Å². The zero-order valence-electron chi connectivity index (χ0n) is 9.76. The van der Waals surface area contributed by atoms with Gasteiger partial charge in [0.15, 0.2) is 0 Å². The van der Waals surface area contributed by atoms with Gasteiger partial charge in [0, 0.05) is 26.2 Å². The third-order valence-corrected chi connectivity index (χ3v) is 2.07. The molecule has 0 heterocycles. The highest BCUT2D eigenvalue weighted by atomic mass is 16.1. The third-order valence-electron chi connectivity index (χ3n) is 2.07. The lowest BCUT2D eigenvalue weighted by Crippen LogP contribution is -2.40. The molecule has 0 rings (SSSR count). The minimum Gasteiger partial charge on any atom is -0.358 e. The molecule has 2 N–H and O–H groups in total. The first kappa shape index (κ1) is 13.4. The van der Waals surface area contributed by atoms with Gasteiger partial charge in [-0.05, 0) is 6.54 Å². The van der Waals surface area contributed by atoms with Crippen LogP contribution in [-0.2, 0) is 4.79 Å². The topological polar surface area (TPSA) is 44.4 Å². The fraction of sp³-hybridized carbons (Fsp3) is 0.900. The fourth-order valence-electron chi connectivity index (χ4n) is 1.14. The standard InChI is InChI=1S/C10H23N3O/c1-5-13(8-10(14)11-4)7-6-12-9(2)3/h9,12H,5-8H2,1-4H3,(H,11,14). The van der Waals surface area contributed by atoms with E-state index in [4.69, 9.17) is 0 Å². The van der Waals surface area contributed by atoms with E-state index in [2.05, 4.69) is 36.3 Å². The summed E-state index contributed by atoms with van der Waals surface area (Å²) in [7, 11) is 1.67. The van der Waals surface area contributed by atoms with Crippen LogP contribution >= 0.6 is 0 Å². The van der Waals surface area contributed by atoms with Crippen molar-refractivity contribution in [3.8, 4) is 0 Å². The first-order chi connectivity index (χ1) is 6.60. The summed E-state index contributed by atoms with van der Waals surface area (Å²) in [5.74, 6) is 0.0800. The predicted molar refractivity (Wildman–Crippen MR) is 59.3 cm³/mol. The Balaban J connectivity index is 3.63. The van der Waals surface area contributed by atoms with Crippen LogP contribution in [0.25, 0.3) is 0 Å². The summed E-state index contributed by atoms with van der Waals surface area (Å²) in [4.78, 5) is 13.2. The quantitative estimate of drug-likeness (QED) is 0.612. The first-order valence-corrected chi connectivity index (χ1v) is 5.26. The van der Waals surface area contributed by atoms with E-state index < -0.39 is 0 Å². The molecule has 4 heteroatoms. The van der Waals surface area contributed by atoms with E-state index in [1.54, 1.807) is 7.05 Å². The second-order valence-electron chi connectivity index (χ2n) is 3.65. The summed E-state index contributed by atoms with van der Waals surface area (Å²) < 4.78 is 0. The van der Waals surface area contributed by atoms with Gasteiger partial charge in [-0.15, -0.1) is 0 Å². The molecular weight excluding hydrogens is 178 g/mol. The molecule has 0 aliphatic heterocycles. The summed E-state index contributed by atoms with van der Waals surface area (Å²) in [6, 6.07) is 0.508. The number of nitrogens with one attached hydrogen (secondary N) is 2. The maximum Gasteiger partial charge on any atom is 0.233 e. The van der Waals surface area contributed by atoms with Gasteiger partial charge in [-0.1, -0.05) is 20.8 Å². The van der Waals surface area contributed by atoms with Crippen LogP contribution in [-0.4, -0.2) is 50.1 Å². The molecule has 0 bridgehead atoms. The van der Waals surface area contributed by atoms with E-state index in [0.29, 0.717) is 12.6 Å². The van der Waals surface area contributed by atoms with Crippen LogP contribution in [0.5, 0.6) is 0 Å². The Kier molecular flexibility index (Phi) is 7.42. The summed E-state index contributed by atoms with van der Waals surface area (Å²) in [6.07, 6.45) is 0. The number of carbonyl (C=O) groups is 1. The molecule has 4 nitrogen and oxygen atoms in total. The van der Waals surface area contributed by atoms with Crippen LogP contribution in [0.3, 0.4) is 0 Å². The summed E-state index contributed by atoms with van der Waals surface area (Å²) in [6.45, 7) is 9.56. The second-order valence-corrected chi connectivity index (χ2v) is 3.65. The van der Waals surface area contributed by atoms with E-state index in [0.717, 1.165) is 19.6 Å². The van der Waals surface area contributed by atoms with E-state index in [1.165, 1.54) is 0 Å². The minimum absolute atomic E-state index is 0.0800. The van der Waals surface area contributed by atoms with Crippen molar-refractivity contribution in [2.45, 2.75) is 26.8 Å². The lowest BCUT2D eigenvalue weighted by molar-refractivity contribution is -0.121. The first-order valence-electron chi connectivity index (χ1n) is 5.26. The summed E-state index contributed by atoms with van der Waals surface area (Å²) in [5, 5.41) is 5.96. The fourth-order valence-corrected chi connectivity index (χ4v) is 1.14. The third kappa shape index (κ3) is 6.86. The molecule has 0 spiro atoms. The van der Waals surface area contributed by atoms with Crippen LogP contribution in [0, 0.1) is 0 Å². The summed E-state index contributed by atoms with van der Waals surface area (Å²) >= 11 is 0. The van der Waals surface area contributed by atoms with Gasteiger partial charge in [-0.2, -0.15) is 0 Å². The lowest BCUT2D eigenvalue weighted by Gasteiger charge is -2.20. The van der Waals surface area contributed by atoms with Crippen molar-refractivity contribution in [3.63, 3.8) is 0 Å². The molecule has 0 atom stereocenters. The number of nitrogens with zero attached hydrogens (tertiary/aromatic N) is 1. The van der Waals surface area contributed by atoms with Gasteiger partial charge < -0.3 is 10.6 Å². The average molecular weight is 201 g/mol. The SMILES string of the molecule is CCN(CCNC(C)C)CC(=O)NC. The second kappa shape index (κ2) is 7.76. The van der Waals surface area contributed by atoms with Crippen LogP contribution in [0.15, 0.2) is 0 Å². The molecule has 0 saturated carbocycles. The zero-order chi connectivity index (χ0) is 11.0. The molecule has 0 unspecified atom stereocenters. The van der Waals surface area contributed by atoms with Gasteiger partial charge in [-0.3, -0.25) is 9.69 Å². The molecule has 0 fully saturated rings. The van der Waals surface area contributed by atoms with Crippen molar-refractivity contribution in [2.75, 3.05) is 33.2 Å². The Morgan fingerprint density at radius 1 is 1.43 bits per heavy atom. The van der Waals surface area contributed by atoms with Gasteiger partial charge in [0.05, 0.1) is 6.54 Å². The summed E-state index contributed by atoms with van der Waals surface area (Å²) in [5.41, 5.74) is 0. The Labute approximate surface area is 87.0 Å². The van der Waals surface area contributed by atoms with Crippen LogP contribution in [0.4, 0.5) is 0 Å². The maximum atomic E-state index is 11.1. The van der Waals surface area contributed by atoms with Crippen molar-refractivity contribution in [1.29, 1.82) is 0 Å². The average Bonchev–Trinajstić information content (AvgIpc) is 2.15. The highest BCUT2D eigenvalue weighted by molar-refractivity contribution is 5.77. The maximum absolute atomic E-state index is 11.1. The number of hydrogen-bond acceptors (Lipinski definition) is 3. The van der Waals surface area contributed by atoms with E-state index in [9.17, 15) is 4.79 Å². The predicted octanol–water partition coefficient (Wildman–Crippen LogP) is 0.0523. The van der Waals surface area contributed by atoms with Crippen molar-refractivity contribution in [1.82, 2.24) is 15.5 Å². The molecule has 0 aromatic heterocycles. The number of amides is 1. The van der Waals surface area contributed by atoms with Gasteiger partial charge in [0.2, 0.25) is 5.91 Å². The molecular formula is C10H23N3O. The highest BCUT2D eigenvalue weighted by Gasteiger charge is 2.06. The largest absolute Gasteiger partial charge is 0.358 e. The monoisotopic (exact) mass is 201 g/mol. The number of carbonyl (C=O) groups excluding carboxylic acids is 1. The van der Waals surface area contributed by atoms with Crippen molar-refractivity contribution in [2.24, 2.45) is 0 Å². The Bertz CT molecular complexity index is 159. The molecule has 0 aromatic carbocycles. The number of likely N-dealkylation sites (N-methyl/N-ethyl adjacent to an activating group) is 2. The Morgan fingerprint density at radius 3 is 2.50 bits per heavy atom. The molecule has 0 saturated heterocycles. The molecule has 1 amide bonds. The van der Waals surface area contributed by atoms with E-state index in [1.807, 2.05) is 0 Å². The van der Waals surface area contributed by atoms with Gasteiger partial charge in [0.25, 0.3) is 0 Å². The van der Waals surface area contributed by atoms with Crippen LogP contribution in [0.1, 0.15) is 20.8 Å². The smallest absolute Gasteiger partial charge is 0.233 e. The lowest BCUT2D eigenvalue weighted by atomic mass is 10.4. The van der Waals surface area contributed by atoms with Crippen LogP contribution in [0.2, 0.25) is 0 Å². The number of hydrogen-bond donors (Lipinski definition) is 2. The van der Waals surface area contributed by atoms with Crippen molar-refractivity contribution >= 4 is 5.91 Å². The van der Waals surface area contributed by atoms with E-state index >= 15 is 0 Å². The Morgan fingerprint density at radius 2 is 2.07 bits per heavy atom. The normalized spacial score (nSPS) is 11.0. The van der Waals surface area contributed by atoms with Gasteiger partial charge in [0.1, 0.15) is 0 Å². The molecule has 0 aliphatic carbocycles. The van der Waals surface area contributed by atoms with Crippen molar-refractivity contribution in [3.05, 3.63) is 0 Å². The molecule has 0 radical (unpaired) electrons. The van der Waals surface area contributed by atoms with Crippen LogP contribution < -0.4 is 10.6 Å². The van der Waals surface area contributed by atoms with Crippen molar-refractivity contribution < 1.29 is 4.79 Å². The minimum atomic E-state index is 0.0800. The highest BCUT2D eigenvalue weighted by Crippen LogP contribution is 1.86.